The quantitative estimate of drug-likeness (QED) is 0.779. The Kier molecular flexibility index (Phi) is 4.07. The molecule has 4 nitrogen and oxygen atoms in total. The van der Waals surface area contributed by atoms with Gasteiger partial charge in [0.1, 0.15) is 6.07 Å². The Morgan fingerprint density at radius 2 is 2.33 bits per heavy atom. The van der Waals surface area contributed by atoms with Crippen molar-refractivity contribution in [3.05, 3.63) is 24.0 Å². The number of hydrogen-bond acceptors (Lipinski definition) is 4. The molecule has 1 rings (SSSR count). The van der Waals surface area contributed by atoms with Crippen LogP contribution in [0.2, 0.25) is 0 Å². The summed E-state index contributed by atoms with van der Waals surface area (Å²) in [4.78, 5) is 3.96. The Balaban J connectivity index is 2.77. The van der Waals surface area contributed by atoms with Crippen molar-refractivity contribution in [2.24, 2.45) is 5.92 Å². The van der Waals surface area contributed by atoms with Crippen molar-refractivity contribution in [3.8, 4) is 6.07 Å². The molecule has 0 aliphatic carbocycles. The smallest absolute Gasteiger partial charge is 0.101 e. The molecule has 1 heterocycles. The highest BCUT2D eigenvalue weighted by atomic mass is 16.3. The van der Waals surface area contributed by atoms with E-state index in [2.05, 4.69) is 16.4 Å². The normalized spacial score (nSPS) is 14.0. The molecule has 0 fully saturated rings. The molecule has 0 amide bonds. The van der Waals surface area contributed by atoms with Crippen molar-refractivity contribution in [1.82, 2.24) is 4.98 Å². The number of rotatable bonds is 4. The number of pyridine rings is 1. The maximum Gasteiger partial charge on any atom is 0.101 e. The summed E-state index contributed by atoms with van der Waals surface area (Å²) in [6.45, 7) is 4.03. The van der Waals surface area contributed by atoms with Gasteiger partial charge < -0.3 is 10.4 Å². The van der Waals surface area contributed by atoms with Crippen LogP contribution in [-0.4, -0.2) is 22.7 Å². The van der Waals surface area contributed by atoms with Gasteiger partial charge in [-0.3, -0.25) is 4.98 Å². The van der Waals surface area contributed by atoms with Gasteiger partial charge in [0.2, 0.25) is 0 Å². The predicted molar refractivity (Wildman–Crippen MR) is 58.3 cm³/mol. The number of aromatic nitrogens is 1. The van der Waals surface area contributed by atoms with Gasteiger partial charge in [0, 0.05) is 18.8 Å². The number of hydrogen-bond donors (Lipinski definition) is 2. The molecule has 4 heteroatoms. The molecule has 0 bridgehead atoms. The summed E-state index contributed by atoms with van der Waals surface area (Å²) in [5.74, 6) is 0.136. The van der Waals surface area contributed by atoms with Crippen LogP contribution in [0.15, 0.2) is 18.5 Å². The van der Waals surface area contributed by atoms with Gasteiger partial charge >= 0.3 is 0 Å². The first kappa shape index (κ1) is 11.5. The third-order valence-electron chi connectivity index (χ3n) is 2.47. The molecule has 2 atom stereocenters. The fraction of sp³-hybridized carbons (Fsp3) is 0.455. The zero-order chi connectivity index (χ0) is 11.3. The van der Waals surface area contributed by atoms with Gasteiger partial charge in [0.15, 0.2) is 0 Å². The maximum atomic E-state index is 8.99. The van der Waals surface area contributed by atoms with Crippen molar-refractivity contribution >= 4 is 5.69 Å². The zero-order valence-corrected chi connectivity index (χ0v) is 8.94. The van der Waals surface area contributed by atoms with E-state index in [4.69, 9.17) is 10.4 Å². The van der Waals surface area contributed by atoms with Gasteiger partial charge in [-0.15, -0.1) is 0 Å². The average molecular weight is 205 g/mol. The minimum Gasteiger partial charge on any atom is -0.396 e. The zero-order valence-electron chi connectivity index (χ0n) is 8.94. The highest BCUT2D eigenvalue weighted by molar-refractivity contribution is 5.55. The number of nitriles is 1. The molecule has 0 saturated carbocycles. The third-order valence-corrected chi connectivity index (χ3v) is 2.47. The highest BCUT2D eigenvalue weighted by Crippen LogP contribution is 2.15. The monoisotopic (exact) mass is 205 g/mol. The molecule has 0 aliphatic heterocycles. The van der Waals surface area contributed by atoms with Gasteiger partial charge in [-0.25, -0.2) is 0 Å². The van der Waals surface area contributed by atoms with E-state index in [-0.39, 0.29) is 18.6 Å². The lowest BCUT2D eigenvalue weighted by molar-refractivity contribution is 0.226. The van der Waals surface area contributed by atoms with Gasteiger partial charge in [0.05, 0.1) is 17.4 Å². The standard InChI is InChI=1S/C11H15N3O/c1-8(7-15)9(2)14-11-6-13-4-3-10(11)5-12/h3-4,6,8-9,14-15H,7H2,1-2H3. The topological polar surface area (TPSA) is 68.9 Å². The predicted octanol–water partition coefficient (Wildman–Crippen LogP) is 1.38. The minimum atomic E-state index is 0.103. The molecule has 0 aliphatic rings. The molecule has 1 aromatic rings. The number of nitrogens with one attached hydrogen (secondary N) is 1. The summed E-state index contributed by atoms with van der Waals surface area (Å²) >= 11 is 0. The Labute approximate surface area is 89.6 Å². The summed E-state index contributed by atoms with van der Waals surface area (Å²) in [7, 11) is 0. The number of nitrogens with zero attached hydrogens (tertiary/aromatic N) is 2. The van der Waals surface area contributed by atoms with Crippen LogP contribution in [0.3, 0.4) is 0 Å². The Hall–Kier alpha value is -1.60. The van der Waals surface area contributed by atoms with E-state index in [0.717, 1.165) is 0 Å². The maximum absolute atomic E-state index is 8.99. The minimum absolute atomic E-state index is 0.103. The van der Waals surface area contributed by atoms with E-state index in [1.54, 1.807) is 18.5 Å². The second kappa shape index (κ2) is 5.32. The average Bonchev–Trinajstić information content (AvgIpc) is 2.28. The molecule has 1 aromatic heterocycles. The fourth-order valence-electron chi connectivity index (χ4n) is 1.15. The SMILES string of the molecule is CC(CO)C(C)Nc1cnccc1C#N. The highest BCUT2D eigenvalue weighted by Gasteiger charge is 2.12. The Bertz CT molecular complexity index is 359. The summed E-state index contributed by atoms with van der Waals surface area (Å²) in [6.07, 6.45) is 3.21. The Morgan fingerprint density at radius 3 is 2.93 bits per heavy atom. The van der Waals surface area contributed by atoms with Crippen molar-refractivity contribution in [3.63, 3.8) is 0 Å². The summed E-state index contributed by atoms with van der Waals surface area (Å²) in [5.41, 5.74) is 1.29. The lowest BCUT2D eigenvalue weighted by Gasteiger charge is -2.20. The van der Waals surface area contributed by atoms with Crippen molar-refractivity contribution in [1.29, 1.82) is 5.26 Å². The van der Waals surface area contributed by atoms with E-state index >= 15 is 0 Å². The number of aliphatic hydroxyl groups is 1. The number of anilines is 1. The van der Waals surface area contributed by atoms with Crippen LogP contribution in [0.4, 0.5) is 5.69 Å². The molecule has 15 heavy (non-hydrogen) atoms. The molecule has 0 saturated heterocycles. The first-order valence-corrected chi connectivity index (χ1v) is 4.90. The summed E-state index contributed by atoms with van der Waals surface area (Å²) in [5, 5.41) is 21.0. The van der Waals surface area contributed by atoms with Crippen LogP contribution in [0.1, 0.15) is 19.4 Å². The van der Waals surface area contributed by atoms with Gasteiger partial charge in [0.25, 0.3) is 0 Å². The van der Waals surface area contributed by atoms with Gasteiger partial charge in [-0.2, -0.15) is 5.26 Å². The van der Waals surface area contributed by atoms with Crippen LogP contribution in [0.5, 0.6) is 0 Å². The van der Waals surface area contributed by atoms with Crippen LogP contribution >= 0.6 is 0 Å². The van der Waals surface area contributed by atoms with Crippen LogP contribution in [0, 0.1) is 17.2 Å². The van der Waals surface area contributed by atoms with E-state index in [0.29, 0.717) is 11.3 Å². The number of aliphatic hydroxyl groups excluding tert-OH is 1. The first-order chi connectivity index (χ1) is 7.19. The second-order valence-corrected chi connectivity index (χ2v) is 3.63. The molecule has 0 aromatic carbocycles. The van der Waals surface area contributed by atoms with Gasteiger partial charge in [-0.1, -0.05) is 6.92 Å². The lowest BCUT2D eigenvalue weighted by atomic mass is 10.0. The molecule has 2 N–H and O–H groups in total. The molecule has 0 radical (unpaired) electrons. The van der Waals surface area contributed by atoms with Crippen LogP contribution in [0.25, 0.3) is 0 Å². The van der Waals surface area contributed by atoms with E-state index in [1.807, 2.05) is 13.8 Å². The molecule has 2 unspecified atom stereocenters. The Morgan fingerprint density at radius 1 is 1.60 bits per heavy atom. The van der Waals surface area contributed by atoms with E-state index < -0.39 is 0 Å². The largest absolute Gasteiger partial charge is 0.396 e. The summed E-state index contributed by atoms with van der Waals surface area (Å²) < 4.78 is 0. The second-order valence-electron chi connectivity index (χ2n) is 3.63. The molecule has 80 valence electrons. The van der Waals surface area contributed by atoms with Crippen LogP contribution in [-0.2, 0) is 0 Å². The van der Waals surface area contributed by atoms with Crippen molar-refractivity contribution < 1.29 is 5.11 Å². The fourth-order valence-corrected chi connectivity index (χ4v) is 1.15. The van der Waals surface area contributed by atoms with Crippen LogP contribution < -0.4 is 5.32 Å². The van der Waals surface area contributed by atoms with E-state index in [1.165, 1.54) is 0 Å². The first-order valence-electron chi connectivity index (χ1n) is 4.90. The molecular formula is C11H15N3O. The van der Waals surface area contributed by atoms with Crippen molar-refractivity contribution in [2.45, 2.75) is 19.9 Å². The lowest BCUT2D eigenvalue weighted by Crippen LogP contribution is -2.26. The van der Waals surface area contributed by atoms with E-state index in [9.17, 15) is 0 Å². The molecular weight excluding hydrogens is 190 g/mol. The van der Waals surface area contributed by atoms with Gasteiger partial charge in [-0.05, 0) is 18.9 Å². The third kappa shape index (κ3) is 2.93. The summed E-state index contributed by atoms with van der Waals surface area (Å²) in [6, 6.07) is 3.86. The van der Waals surface area contributed by atoms with Crippen molar-refractivity contribution in [2.75, 3.05) is 11.9 Å². The molecule has 0 spiro atoms.